The Morgan fingerprint density at radius 1 is 1.23 bits per heavy atom. The van der Waals surface area contributed by atoms with Crippen LogP contribution in [0.1, 0.15) is 19.4 Å². The molecule has 0 bridgehead atoms. The third-order valence-corrected chi connectivity index (χ3v) is 4.47. The molecule has 2 aromatic rings. The molecule has 0 aromatic heterocycles. The van der Waals surface area contributed by atoms with E-state index >= 15 is 0 Å². The molecule has 26 heavy (non-hydrogen) atoms. The smallest absolute Gasteiger partial charge is 0.277 e. The summed E-state index contributed by atoms with van der Waals surface area (Å²) in [7, 11) is 0. The first-order valence-electron chi connectivity index (χ1n) is 8.28. The Balaban J connectivity index is 1.83. The van der Waals surface area contributed by atoms with Crippen LogP contribution in [0, 0.1) is 0 Å². The zero-order valence-corrected chi connectivity index (χ0v) is 17.0. The minimum absolute atomic E-state index is 0.167. The molecule has 0 saturated heterocycles. The van der Waals surface area contributed by atoms with Crippen molar-refractivity contribution < 1.29 is 9.53 Å². The highest BCUT2D eigenvalue weighted by molar-refractivity contribution is 9.10. The summed E-state index contributed by atoms with van der Waals surface area (Å²) in [6.45, 7) is 6.00. The van der Waals surface area contributed by atoms with Crippen LogP contribution in [0.25, 0.3) is 0 Å². The molecule has 0 aliphatic heterocycles. The predicted octanol–water partition coefficient (Wildman–Crippen LogP) is 4.48. The van der Waals surface area contributed by atoms with E-state index in [1.54, 1.807) is 24.4 Å². The van der Waals surface area contributed by atoms with E-state index in [9.17, 15) is 4.79 Å². The van der Waals surface area contributed by atoms with Gasteiger partial charge >= 0.3 is 0 Å². The van der Waals surface area contributed by atoms with Crippen molar-refractivity contribution in [1.29, 1.82) is 0 Å². The van der Waals surface area contributed by atoms with E-state index in [4.69, 9.17) is 16.3 Å². The largest absolute Gasteiger partial charge is 0.482 e. The molecule has 1 N–H and O–H groups in total. The van der Waals surface area contributed by atoms with Crippen molar-refractivity contribution in [3.8, 4) is 5.75 Å². The normalized spacial score (nSPS) is 10.8. The lowest BCUT2D eigenvalue weighted by atomic mass is 10.2. The second kappa shape index (κ2) is 10.2. The first kappa shape index (κ1) is 20.3. The maximum Gasteiger partial charge on any atom is 0.277 e. The number of anilines is 1. The van der Waals surface area contributed by atoms with Gasteiger partial charge in [0.25, 0.3) is 5.91 Å². The van der Waals surface area contributed by atoms with Gasteiger partial charge in [-0.25, -0.2) is 5.43 Å². The number of amides is 1. The maximum atomic E-state index is 11.8. The molecule has 7 heteroatoms. The SMILES string of the molecule is CCN(CC)c1ccc(/C=N/NC(=O)COc2ccc(Br)cc2Cl)cc1. The summed E-state index contributed by atoms with van der Waals surface area (Å²) in [5, 5.41) is 4.38. The van der Waals surface area contributed by atoms with E-state index in [1.165, 1.54) is 0 Å². The molecule has 0 atom stereocenters. The Hall–Kier alpha value is -2.05. The molecular weight excluding hydrogens is 418 g/mol. The van der Waals surface area contributed by atoms with Crippen LogP contribution in [0.15, 0.2) is 52.0 Å². The Bertz CT molecular complexity index is 762. The zero-order chi connectivity index (χ0) is 18.9. The number of ether oxygens (including phenoxy) is 1. The van der Waals surface area contributed by atoms with Crippen LogP contribution in [-0.2, 0) is 4.79 Å². The average Bonchev–Trinajstić information content (AvgIpc) is 2.63. The van der Waals surface area contributed by atoms with Gasteiger partial charge in [-0.1, -0.05) is 39.7 Å². The number of nitrogens with zero attached hydrogens (tertiary/aromatic N) is 2. The fourth-order valence-electron chi connectivity index (χ4n) is 2.31. The molecule has 138 valence electrons. The fraction of sp³-hybridized carbons (Fsp3) is 0.263. The lowest BCUT2D eigenvalue weighted by Gasteiger charge is -2.20. The Morgan fingerprint density at radius 2 is 1.92 bits per heavy atom. The Kier molecular flexibility index (Phi) is 7.94. The van der Waals surface area contributed by atoms with Crippen molar-refractivity contribution in [2.24, 2.45) is 5.10 Å². The molecule has 5 nitrogen and oxygen atoms in total. The van der Waals surface area contributed by atoms with E-state index in [0.717, 1.165) is 28.8 Å². The second-order valence-corrected chi connectivity index (χ2v) is 6.74. The van der Waals surface area contributed by atoms with Crippen LogP contribution >= 0.6 is 27.5 Å². The summed E-state index contributed by atoms with van der Waals surface area (Å²) < 4.78 is 6.22. The number of benzene rings is 2. The van der Waals surface area contributed by atoms with Gasteiger partial charge in [0.2, 0.25) is 0 Å². The van der Waals surface area contributed by atoms with Crippen molar-refractivity contribution in [2.45, 2.75) is 13.8 Å². The van der Waals surface area contributed by atoms with E-state index in [1.807, 2.05) is 24.3 Å². The van der Waals surface area contributed by atoms with E-state index in [2.05, 4.69) is 45.2 Å². The molecular formula is C19H21BrClN3O2. The molecule has 0 fully saturated rings. The second-order valence-electron chi connectivity index (χ2n) is 5.42. The summed E-state index contributed by atoms with van der Waals surface area (Å²) in [5.41, 5.74) is 4.50. The quantitative estimate of drug-likeness (QED) is 0.488. The highest BCUT2D eigenvalue weighted by Gasteiger charge is 2.06. The maximum absolute atomic E-state index is 11.8. The fourth-order valence-corrected chi connectivity index (χ4v) is 3.03. The van der Waals surface area contributed by atoms with Crippen LogP contribution < -0.4 is 15.1 Å². The average molecular weight is 439 g/mol. The summed E-state index contributed by atoms with van der Waals surface area (Å²) in [4.78, 5) is 14.1. The molecule has 0 radical (unpaired) electrons. The molecule has 0 aliphatic rings. The first-order chi connectivity index (χ1) is 12.5. The summed E-state index contributed by atoms with van der Waals surface area (Å²) in [5.74, 6) is 0.0842. The highest BCUT2D eigenvalue weighted by atomic mass is 79.9. The van der Waals surface area contributed by atoms with Crippen LogP contribution in [0.5, 0.6) is 5.75 Å². The van der Waals surface area contributed by atoms with Gasteiger partial charge in [0.1, 0.15) is 5.75 Å². The Morgan fingerprint density at radius 3 is 2.54 bits per heavy atom. The van der Waals surface area contributed by atoms with Crippen LogP contribution in [0.4, 0.5) is 5.69 Å². The minimum atomic E-state index is -0.361. The Labute approximate surface area is 167 Å². The summed E-state index contributed by atoms with van der Waals surface area (Å²) >= 11 is 9.35. The third-order valence-electron chi connectivity index (χ3n) is 3.68. The van der Waals surface area contributed by atoms with Gasteiger partial charge in [-0.05, 0) is 49.7 Å². The predicted molar refractivity (Wildman–Crippen MR) is 110 cm³/mol. The zero-order valence-electron chi connectivity index (χ0n) is 14.7. The minimum Gasteiger partial charge on any atom is -0.482 e. The number of hydrogen-bond donors (Lipinski definition) is 1. The van der Waals surface area contributed by atoms with Crippen LogP contribution in [0.3, 0.4) is 0 Å². The topological polar surface area (TPSA) is 53.9 Å². The van der Waals surface area contributed by atoms with Crippen molar-refractivity contribution in [1.82, 2.24) is 5.43 Å². The molecule has 2 rings (SSSR count). The molecule has 1 amide bonds. The molecule has 2 aromatic carbocycles. The molecule has 0 heterocycles. The number of halogens is 2. The number of rotatable bonds is 8. The highest BCUT2D eigenvalue weighted by Crippen LogP contribution is 2.27. The molecule has 0 saturated carbocycles. The third kappa shape index (κ3) is 6.04. The van der Waals surface area contributed by atoms with Gasteiger partial charge in [0, 0.05) is 23.2 Å². The van der Waals surface area contributed by atoms with Crippen molar-refractivity contribution in [3.05, 3.63) is 57.5 Å². The number of carbonyl (C=O) groups is 1. The molecule has 0 unspecified atom stereocenters. The van der Waals surface area contributed by atoms with Crippen molar-refractivity contribution in [2.75, 3.05) is 24.6 Å². The number of nitrogens with one attached hydrogen (secondary N) is 1. The molecule has 0 aliphatic carbocycles. The van der Waals surface area contributed by atoms with Gasteiger partial charge < -0.3 is 9.64 Å². The van der Waals surface area contributed by atoms with Crippen molar-refractivity contribution >= 4 is 45.3 Å². The monoisotopic (exact) mass is 437 g/mol. The standard InChI is InChI=1S/C19H21BrClN3O2/c1-3-24(4-2)16-8-5-14(6-9-16)12-22-23-19(25)13-26-18-10-7-15(20)11-17(18)21/h5-12H,3-4,13H2,1-2H3,(H,23,25)/b22-12+. The summed E-state index contributed by atoms with van der Waals surface area (Å²) in [6, 6.07) is 13.2. The summed E-state index contributed by atoms with van der Waals surface area (Å²) in [6.07, 6.45) is 1.59. The number of hydrazone groups is 1. The number of carbonyl (C=O) groups excluding carboxylic acids is 1. The van der Waals surface area contributed by atoms with Gasteiger partial charge in [-0.15, -0.1) is 0 Å². The van der Waals surface area contributed by atoms with Gasteiger partial charge in [-0.2, -0.15) is 5.10 Å². The van der Waals surface area contributed by atoms with Crippen molar-refractivity contribution in [3.63, 3.8) is 0 Å². The van der Waals surface area contributed by atoms with Gasteiger partial charge in [0.05, 0.1) is 11.2 Å². The lowest BCUT2D eigenvalue weighted by molar-refractivity contribution is -0.123. The lowest BCUT2D eigenvalue weighted by Crippen LogP contribution is -2.24. The van der Waals surface area contributed by atoms with E-state index in [-0.39, 0.29) is 12.5 Å². The number of hydrogen-bond acceptors (Lipinski definition) is 4. The van der Waals surface area contributed by atoms with E-state index in [0.29, 0.717) is 10.8 Å². The van der Waals surface area contributed by atoms with E-state index < -0.39 is 0 Å². The van der Waals surface area contributed by atoms with Crippen LogP contribution in [0.2, 0.25) is 5.02 Å². The molecule has 0 spiro atoms. The van der Waals surface area contributed by atoms with Gasteiger partial charge in [0.15, 0.2) is 6.61 Å². The van der Waals surface area contributed by atoms with Gasteiger partial charge in [-0.3, -0.25) is 4.79 Å². The first-order valence-corrected chi connectivity index (χ1v) is 9.45. The van der Waals surface area contributed by atoms with Crippen LogP contribution in [-0.4, -0.2) is 31.8 Å².